The highest BCUT2D eigenvalue weighted by atomic mass is 16.1. The molecule has 1 amide bonds. The van der Waals surface area contributed by atoms with E-state index in [1.54, 1.807) is 0 Å². The lowest BCUT2D eigenvalue weighted by Crippen LogP contribution is -2.19. The highest BCUT2D eigenvalue weighted by Crippen LogP contribution is 2.30. The first-order valence-electron chi connectivity index (χ1n) is 7.38. The van der Waals surface area contributed by atoms with Gasteiger partial charge in [-0.15, -0.1) is 0 Å². The zero-order valence-corrected chi connectivity index (χ0v) is 11.7. The number of amides is 1. The molecule has 1 fully saturated rings. The van der Waals surface area contributed by atoms with Gasteiger partial charge in [0.05, 0.1) is 0 Å². The molecule has 1 saturated carbocycles. The van der Waals surface area contributed by atoms with Crippen LogP contribution < -0.4 is 10.6 Å². The molecule has 0 aliphatic heterocycles. The Morgan fingerprint density at radius 2 is 2.11 bits per heavy atom. The summed E-state index contributed by atoms with van der Waals surface area (Å²) in [5.41, 5.74) is 2.10. The van der Waals surface area contributed by atoms with E-state index in [2.05, 4.69) is 23.6 Å². The van der Waals surface area contributed by atoms with Gasteiger partial charge in [0.1, 0.15) is 0 Å². The Hall–Kier alpha value is -1.35. The Balaban J connectivity index is 1.84. The van der Waals surface area contributed by atoms with E-state index in [0.717, 1.165) is 36.7 Å². The van der Waals surface area contributed by atoms with Crippen molar-refractivity contribution in [3.63, 3.8) is 0 Å². The van der Waals surface area contributed by atoms with Crippen molar-refractivity contribution >= 4 is 11.6 Å². The fourth-order valence-electron chi connectivity index (χ4n) is 2.39. The number of rotatable bonds is 7. The van der Waals surface area contributed by atoms with Crippen LogP contribution in [0.3, 0.4) is 0 Å². The molecule has 1 aromatic rings. The number of nitrogens with one attached hydrogen (secondary N) is 2. The van der Waals surface area contributed by atoms with E-state index in [0.29, 0.717) is 6.42 Å². The SMILES string of the molecule is CCNCc1ccccc1NC(=O)CCC1CCC1. The van der Waals surface area contributed by atoms with Gasteiger partial charge in [0, 0.05) is 18.7 Å². The average Bonchev–Trinajstić information content (AvgIpc) is 2.36. The van der Waals surface area contributed by atoms with Gasteiger partial charge in [0.25, 0.3) is 0 Å². The Bertz CT molecular complexity index is 413. The van der Waals surface area contributed by atoms with Crippen LogP contribution in [-0.2, 0) is 11.3 Å². The van der Waals surface area contributed by atoms with Crippen LogP contribution in [0.4, 0.5) is 5.69 Å². The third-order valence-corrected chi connectivity index (χ3v) is 3.86. The molecule has 1 aliphatic carbocycles. The highest BCUT2D eigenvalue weighted by molar-refractivity contribution is 5.91. The lowest BCUT2D eigenvalue weighted by Gasteiger charge is -2.24. The number of benzene rings is 1. The number of carbonyl (C=O) groups excluding carboxylic acids is 1. The summed E-state index contributed by atoms with van der Waals surface area (Å²) in [5, 5.41) is 6.34. The van der Waals surface area contributed by atoms with Crippen molar-refractivity contribution in [3.05, 3.63) is 29.8 Å². The minimum absolute atomic E-state index is 0.149. The second-order valence-corrected chi connectivity index (χ2v) is 5.32. The van der Waals surface area contributed by atoms with Crippen molar-refractivity contribution in [3.8, 4) is 0 Å². The van der Waals surface area contributed by atoms with Crippen LogP contribution >= 0.6 is 0 Å². The quantitative estimate of drug-likeness (QED) is 0.789. The molecule has 0 bridgehead atoms. The van der Waals surface area contributed by atoms with Crippen molar-refractivity contribution < 1.29 is 4.79 Å². The first kappa shape index (κ1) is 14.1. The van der Waals surface area contributed by atoms with Crippen LogP contribution in [0.25, 0.3) is 0 Å². The molecular formula is C16H24N2O. The predicted octanol–water partition coefficient (Wildman–Crippen LogP) is 3.31. The second kappa shape index (κ2) is 7.29. The van der Waals surface area contributed by atoms with E-state index in [1.165, 1.54) is 19.3 Å². The predicted molar refractivity (Wildman–Crippen MR) is 79.0 cm³/mol. The lowest BCUT2D eigenvalue weighted by atomic mass is 9.82. The molecule has 104 valence electrons. The molecule has 0 radical (unpaired) electrons. The van der Waals surface area contributed by atoms with Crippen LogP contribution in [-0.4, -0.2) is 12.5 Å². The maximum atomic E-state index is 12.0. The fraction of sp³-hybridized carbons (Fsp3) is 0.562. The molecule has 1 aliphatic rings. The minimum Gasteiger partial charge on any atom is -0.326 e. The van der Waals surface area contributed by atoms with E-state index >= 15 is 0 Å². The number of hydrogen-bond donors (Lipinski definition) is 2. The number of carbonyl (C=O) groups is 1. The summed E-state index contributed by atoms with van der Waals surface area (Å²) in [6.07, 6.45) is 5.66. The van der Waals surface area contributed by atoms with Crippen molar-refractivity contribution in [1.82, 2.24) is 5.32 Å². The molecule has 0 saturated heterocycles. The molecule has 3 nitrogen and oxygen atoms in total. The Morgan fingerprint density at radius 3 is 2.79 bits per heavy atom. The third-order valence-electron chi connectivity index (χ3n) is 3.86. The maximum Gasteiger partial charge on any atom is 0.224 e. The summed E-state index contributed by atoms with van der Waals surface area (Å²) < 4.78 is 0. The van der Waals surface area contributed by atoms with Crippen LogP contribution in [0.5, 0.6) is 0 Å². The Morgan fingerprint density at radius 1 is 1.32 bits per heavy atom. The summed E-state index contributed by atoms with van der Waals surface area (Å²) in [7, 11) is 0. The number of para-hydroxylation sites is 1. The van der Waals surface area contributed by atoms with E-state index in [4.69, 9.17) is 0 Å². The molecule has 0 heterocycles. The molecular weight excluding hydrogens is 236 g/mol. The standard InChI is InChI=1S/C16H24N2O/c1-2-17-12-14-8-3-4-9-15(14)18-16(19)11-10-13-6-5-7-13/h3-4,8-9,13,17H,2,5-7,10-12H2,1H3,(H,18,19). The van der Waals surface area contributed by atoms with E-state index in [9.17, 15) is 4.79 Å². The van der Waals surface area contributed by atoms with Crippen molar-refractivity contribution in [2.75, 3.05) is 11.9 Å². The van der Waals surface area contributed by atoms with E-state index in [1.807, 2.05) is 18.2 Å². The Kier molecular flexibility index (Phi) is 5.40. The van der Waals surface area contributed by atoms with Crippen LogP contribution in [0.15, 0.2) is 24.3 Å². The molecule has 19 heavy (non-hydrogen) atoms. The van der Waals surface area contributed by atoms with Crippen molar-refractivity contribution in [2.24, 2.45) is 5.92 Å². The van der Waals surface area contributed by atoms with E-state index < -0.39 is 0 Å². The summed E-state index contributed by atoms with van der Waals surface area (Å²) >= 11 is 0. The van der Waals surface area contributed by atoms with Crippen LogP contribution in [0.2, 0.25) is 0 Å². The molecule has 2 N–H and O–H groups in total. The summed E-state index contributed by atoms with van der Waals surface area (Å²) in [5.74, 6) is 0.943. The summed E-state index contributed by atoms with van der Waals surface area (Å²) in [6.45, 7) is 3.82. The molecule has 0 spiro atoms. The number of anilines is 1. The average molecular weight is 260 g/mol. The minimum atomic E-state index is 0.149. The highest BCUT2D eigenvalue weighted by Gasteiger charge is 2.18. The van der Waals surface area contributed by atoms with Crippen LogP contribution in [0, 0.1) is 5.92 Å². The first-order chi connectivity index (χ1) is 9.29. The molecule has 2 rings (SSSR count). The zero-order chi connectivity index (χ0) is 13.5. The van der Waals surface area contributed by atoms with Gasteiger partial charge in [-0.1, -0.05) is 44.4 Å². The topological polar surface area (TPSA) is 41.1 Å². The smallest absolute Gasteiger partial charge is 0.224 e. The van der Waals surface area contributed by atoms with Gasteiger partial charge in [-0.05, 0) is 30.5 Å². The number of hydrogen-bond acceptors (Lipinski definition) is 2. The molecule has 3 heteroatoms. The fourth-order valence-corrected chi connectivity index (χ4v) is 2.39. The van der Waals surface area contributed by atoms with Gasteiger partial charge in [-0.2, -0.15) is 0 Å². The Labute approximate surface area is 115 Å². The van der Waals surface area contributed by atoms with Gasteiger partial charge in [0.15, 0.2) is 0 Å². The summed E-state index contributed by atoms with van der Waals surface area (Å²) in [6, 6.07) is 8.02. The maximum absolute atomic E-state index is 12.0. The van der Waals surface area contributed by atoms with Crippen molar-refractivity contribution in [2.45, 2.75) is 45.6 Å². The molecule has 1 aromatic carbocycles. The molecule has 0 aromatic heterocycles. The van der Waals surface area contributed by atoms with Crippen molar-refractivity contribution in [1.29, 1.82) is 0 Å². The van der Waals surface area contributed by atoms with Gasteiger partial charge in [-0.25, -0.2) is 0 Å². The monoisotopic (exact) mass is 260 g/mol. The lowest BCUT2D eigenvalue weighted by molar-refractivity contribution is -0.116. The van der Waals surface area contributed by atoms with Gasteiger partial charge >= 0.3 is 0 Å². The second-order valence-electron chi connectivity index (χ2n) is 5.32. The largest absolute Gasteiger partial charge is 0.326 e. The third kappa shape index (κ3) is 4.35. The summed E-state index contributed by atoms with van der Waals surface area (Å²) in [4.78, 5) is 12.0. The van der Waals surface area contributed by atoms with Gasteiger partial charge in [0.2, 0.25) is 5.91 Å². The molecule has 0 unspecified atom stereocenters. The van der Waals surface area contributed by atoms with E-state index in [-0.39, 0.29) is 5.91 Å². The zero-order valence-electron chi connectivity index (χ0n) is 11.7. The van der Waals surface area contributed by atoms with Crippen LogP contribution in [0.1, 0.15) is 44.6 Å². The van der Waals surface area contributed by atoms with Gasteiger partial charge < -0.3 is 10.6 Å². The normalized spacial score (nSPS) is 15.0. The first-order valence-corrected chi connectivity index (χ1v) is 7.38. The molecule has 0 atom stereocenters. The van der Waals surface area contributed by atoms with Gasteiger partial charge in [-0.3, -0.25) is 4.79 Å².